The Kier molecular flexibility index (Phi) is 14.1. The Bertz CT molecular complexity index is 242. The molecule has 1 aliphatic rings. The first-order valence-electron chi connectivity index (χ1n) is 10.8. The van der Waals surface area contributed by atoms with Crippen LogP contribution >= 0.6 is 0 Å². The van der Waals surface area contributed by atoms with Crippen molar-refractivity contribution >= 4 is 0 Å². The molecule has 0 bridgehead atoms. The van der Waals surface area contributed by atoms with Crippen LogP contribution in [0.5, 0.6) is 0 Å². The van der Waals surface area contributed by atoms with Gasteiger partial charge >= 0.3 is 0 Å². The Morgan fingerprint density at radius 3 is 1.52 bits per heavy atom. The molecule has 1 aliphatic heterocycles. The molecule has 1 N–H and O–H groups in total. The molecular formula is C21H44N2. The minimum absolute atomic E-state index is 0.664. The van der Waals surface area contributed by atoms with E-state index in [1.165, 1.54) is 116 Å². The van der Waals surface area contributed by atoms with Gasteiger partial charge in [0.2, 0.25) is 0 Å². The molecule has 0 saturated carbocycles. The highest BCUT2D eigenvalue weighted by atomic mass is 15.3. The van der Waals surface area contributed by atoms with Gasteiger partial charge in [0.25, 0.3) is 0 Å². The van der Waals surface area contributed by atoms with Crippen LogP contribution in [0.3, 0.4) is 0 Å². The number of nitrogens with one attached hydrogen (secondary N) is 1. The second-order valence-electron chi connectivity index (χ2n) is 7.69. The van der Waals surface area contributed by atoms with Crippen LogP contribution in [0.2, 0.25) is 0 Å². The first-order valence-corrected chi connectivity index (χ1v) is 10.8. The summed E-state index contributed by atoms with van der Waals surface area (Å²) in [6, 6.07) is 0. The minimum atomic E-state index is 0.664. The van der Waals surface area contributed by atoms with Crippen LogP contribution in [0.4, 0.5) is 0 Å². The van der Waals surface area contributed by atoms with E-state index < -0.39 is 0 Å². The summed E-state index contributed by atoms with van der Waals surface area (Å²) in [5, 5.41) is 3.58. The van der Waals surface area contributed by atoms with Gasteiger partial charge < -0.3 is 5.32 Å². The molecule has 0 aliphatic carbocycles. The molecule has 1 rings (SSSR count). The standard InChI is InChI=1S/C21H44N2/c1-3-4-5-6-7-8-9-10-11-12-13-14-15-16-17-18-21-22-19-20-23(21)2/h21-22H,3-20H2,1-2H3. The van der Waals surface area contributed by atoms with Gasteiger partial charge in [-0.25, -0.2) is 0 Å². The molecule has 2 nitrogen and oxygen atoms in total. The zero-order valence-electron chi connectivity index (χ0n) is 16.3. The van der Waals surface area contributed by atoms with Crippen molar-refractivity contribution in [3.63, 3.8) is 0 Å². The summed E-state index contributed by atoms with van der Waals surface area (Å²) in [6.45, 7) is 4.70. The Morgan fingerprint density at radius 2 is 1.13 bits per heavy atom. The predicted octanol–water partition coefficient (Wildman–Crippen LogP) is 6.11. The van der Waals surface area contributed by atoms with E-state index in [2.05, 4.69) is 24.2 Å². The summed E-state index contributed by atoms with van der Waals surface area (Å²) in [7, 11) is 2.25. The van der Waals surface area contributed by atoms with Gasteiger partial charge in [-0.3, -0.25) is 4.90 Å². The van der Waals surface area contributed by atoms with Gasteiger partial charge in [-0.1, -0.05) is 103 Å². The lowest BCUT2D eigenvalue weighted by molar-refractivity contribution is 0.272. The predicted molar refractivity (Wildman–Crippen MR) is 104 cm³/mol. The summed E-state index contributed by atoms with van der Waals surface area (Å²) >= 11 is 0. The van der Waals surface area contributed by atoms with Crippen LogP contribution in [0.15, 0.2) is 0 Å². The van der Waals surface area contributed by atoms with Crippen LogP contribution in [0.25, 0.3) is 0 Å². The van der Waals surface area contributed by atoms with Crippen LogP contribution in [-0.4, -0.2) is 31.2 Å². The number of hydrogen-bond acceptors (Lipinski definition) is 2. The third-order valence-corrected chi connectivity index (χ3v) is 5.46. The third kappa shape index (κ3) is 12.0. The average Bonchev–Trinajstić information content (AvgIpc) is 2.96. The van der Waals surface area contributed by atoms with Gasteiger partial charge in [0.1, 0.15) is 0 Å². The SMILES string of the molecule is CCCCCCCCCCCCCCCCCC1NCCN1C. The smallest absolute Gasteiger partial charge is 0.0595 e. The van der Waals surface area contributed by atoms with Crippen molar-refractivity contribution in [1.82, 2.24) is 10.2 Å². The summed E-state index contributed by atoms with van der Waals surface area (Å²) in [5.74, 6) is 0. The van der Waals surface area contributed by atoms with Crippen molar-refractivity contribution < 1.29 is 0 Å². The summed E-state index contributed by atoms with van der Waals surface area (Å²) < 4.78 is 0. The van der Waals surface area contributed by atoms with Crippen molar-refractivity contribution in [3.8, 4) is 0 Å². The lowest BCUT2D eigenvalue weighted by Gasteiger charge is -2.18. The number of hydrogen-bond donors (Lipinski definition) is 1. The van der Waals surface area contributed by atoms with Crippen LogP contribution in [0.1, 0.15) is 110 Å². The van der Waals surface area contributed by atoms with E-state index in [1.807, 2.05) is 0 Å². The second kappa shape index (κ2) is 15.4. The molecule has 138 valence electrons. The van der Waals surface area contributed by atoms with Crippen molar-refractivity contribution in [2.45, 2.75) is 116 Å². The van der Waals surface area contributed by atoms with E-state index in [1.54, 1.807) is 0 Å². The molecule has 0 aromatic heterocycles. The Hall–Kier alpha value is -0.0800. The van der Waals surface area contributed by atoms with E-state index in [4.69, 9.17) is 0 Å². The molecule has 0 aromatic carbocycles. The molecule has 1 unspecified atom stereocenters. The molecule has 23 heavy (non-hydrogen) atoms. The molecule has 0 spiro atoms. The van der Waals surface area contributed by atoms with Gasteiger partial charge in [0, 0.05) is 13.1 Å². The Morgan fingerprint density at radius 1 is 0.696 bits per heavy atom. The quantitative estimate of drug-likeness (QED) is 0.345. The van der Waals surface area contributed by atoms with Gasteiger partial charge in [0.05, 0.1) is 6.17 Å². The normalized spacial score (nSPS) is 18.8. The maximum absolute atomic E-state index is 3.58. The first kappa shape index (κ1) is 21.0. The molecular weight excluding hydrogens is 280 g/mol. The van der Waals surface area contributed by atoms with Crippen molar-refractivity contribution in [3.05, 3.63) is 0 Å². The molecule has 2 heteroatoms. The molecule has 0 radical (unpaired) electrons. The van der Waals surface area contributed by atoms with E-state index in [9.17, 15) is 0 Å². The van der Waals surface area contributed by atoms with E-state index in [0.29, 0.717) is 6.17 Å². The highest BCUT2D eigenvalue weighted by Gasteiger charge is 2.18. The summed E-state index contributed by atoms with van der Waals surface area (Å²) in [6.07, 6.45) is 23.8. The number of unbranched alkanes of at least 4 members (excludes halogenated alkanes) is 14. The zero-order valence-corrected chi connectivity index (χ0v) is 16.3. The number of nitrogens with zero attached hydrogens (tertiary/aromatic N) is 1. The Balaban J connectivity index is 1.68. The van der Waals surface area contributed by atoms with Crippen molar-refractivity contribution in [2.24, 2.45) is 0 Å². The molecule has 0 amide bonds. The zero-order chi connectivity index (χ0) is 16.6. The van der Waals surface area contributed by atoms with Gasteiger partial charge in [-0.2, -0.15) is 0 Å². The van der Waals surface area contributed by atoms with Crippen molar-refractivity contribution in [1.29, 1.82) is 0 Å². The maximum Gasteiger partial charge on any atom is 0.0595 e. The molecule has 0 aromatic rings. The van der Waals surface area contributed by atoms with Crippen LogP contribution in [-0.2, 0) is 0 Å². The third-order valence-electron chi connectivity index (χ3n) is 5.46. The fourth-order valence-corrected chi connectivity index (χ4v) is 3.75. The van der Waals surface area contributed by atoms with Crippen molar-refractivity contribution in [2.75, 3.05) is 20.1 Å². The van der Waals surface area contributed by atoms with Gasteiger partial charge in [-0.15, -0.1) is 0 Å². The van der Waals surface area contributed by atoms with E-state index in [0.717, 1.165) is 0 Å². The van der Waals surface area contributed by atoms with Crippen LogP contribution in [0, 0.1) is 0 Å². The lowest BCUT2D eigenvalue weighted by atomic mass is 10.0. The minimum Gasteiger partial charge on any atom is -0.300 e. The molecule has 1 saturated heterocycles. The van der Waals surface area contributed by atoms with E-state index in [-0.39, 0.29) is 0 Å². The largest absolute Gasteiger partial charge is 0.300 e. The van der Waals surface area contributed by atoms with Gasteiger partial charge in [0.15, 0.2) is 0 Å². The average molecular weight is 325 g/mol. The molecule has 1 fully saturated rings. The summed E-state index contributed by atoms with van der Waals surface area (Å²) in [5.41, 5.74) is 0. The number of likely N-dealkylation sites (N-methyl/N-ethyl adjacent to an activating group) is 1. The number of rotatable bonds is 16. The molecule has 1 atom stereocenters. The second-order valence-corrected chi connectivity index (χ2v) is 7.69. The summed E-state index contributed by atoms with van der Waals surface area (Å²) in [4.78, 5) is 2.46. The monoisotopic (exact) mass is 324 g/mol. The van der Waals surface area contributed by atoms with Crippen LogP contribution < -0.4 is 5.32 Å². The first-order chi connectivity index (χ1) is 11.3. The van der Waals surface area contributed by atoms with E-state index >= 15 is 0 Å². The highest BCUT2D eigenvalue weighted by Crippen LogP contribution is 2.15. The Labute approximate surface area is 146 Å². The fraction of sp³-hybridized carbons (Fsp3) is 1.00. The molecule has 1 heterocycles. The van der Waals surface area contributed by atoms with Gasteiger partial charge in [-0.05, 0) is 13.5 Å². The highest BCUT2D eigenvalue weighted by molar-refractivity contribution is 4.74. The lowest BCUT2D eigenvalue weighted by Crippen LogP contribution is -2.32. The fourth-order valence-electron chi connectivity index (χ4n) is 3.75. The maximum atomic E-state index is 3.58. The topological polar surface area (TPSA) is 15.3 Å².